The van der Waals surface area contributed by atoms with Crippen molar-refractivity contribution >= 4 is 0 Å². The predicted octanol–water partition coefficient (Wildman–Crippen LogP) is 11.3. The van der Waals surface area contributed by atoms with Crippen molar-refractivity contribution in [1.82, 2.24) is 15.0 Å². The molecule has 0 atom stereocenters. The van der Waals surface area contributed by atoms with Crippen LogP contribution in [0, 0.1) is 46.8 Å². The van der Waals surface area contributed by atoms with Crippen LogP contribution in [0.5, 0.6) is 0 Å². The zero-order valence-corrected chi connectivity index (χ0v) is 30.0. The van der Waals surface area contributed by atoms with Crippen molar-refractivity contribution in [3.8, 4) is 51.4 Å². The molecule has 0 saturated heterocycles. The maximum absolute atomic E-state index is 9.43. The summed E-state index contributed by atoms with van der Waals surface area (Å²) in [6, 6.07) is 37.2. The van der Waals surface area contributed by atoms with Crippen LogP contribution in [-0.4, -0.2) is 15.0 Å². The van der Waals surface area contributed by atoms with Crippen LogP contribution in [0.1, 0.15) is 93.7 Å². The summed E-state index contributed by atoms with van der Waals surface area (Å²) in [5, 5.41) is 9.43. The number of hydrogen-bond acceptors (Lipinski definition) is 4. The smallest absolute Gasteiger partial charge is 0.164 e. The summed E-state index contributed by atoms with van der Waals surface area (Å²) in [5.41, 5.74) is 9.61. The average Bonchev–Trinajstić information content (AvgIpc) is 3.17. The van der Waals surface area contributed by atoms with E-state index < -0.39 is 0 Å². The van der Waals surface area contributed by atoms with Crippen LogP contribution >= 0.6 is 0 Å². The number of hydrogen-bond donors (Lipinski definition) is 0. The maximum Gasteiger partial charge on any atom is 0.164 e. The van der Waals surface area contributed by atoms with E-state index in [2.05, 4.69) is 84.9 Å². The number of rotatable bonds is 6. The van der Waals surface area contributed by atoms with Crippen LogP contribution in [0.25, 0.3) is 45.3 Å². The SMILES string of the molecule is N#Cc1cccc(-c2ccc(-c3nc(-c4ccc(C56CC7CC(CC(C7)C5)C6)cc4)nc(-c4ccc(C56CC7CC(CC(C7)C5)C6)cc4)n3)cc2)c1. The Morgan fingerprint density at radius 3 is 1.13 bits per heavy atom. The molecule has 0 aliphatic heterocycles. The topological polar surface area (TPSA) is 62.5 Å². The molecule has 0 unspecified atom stereocenters. The first-order chi connectivity index (χ1) is 25.5. The van der Waals surface area contributed by atoms with Gasteiger partial charge < -0.3 is 0 Å². The van der Waals surface area contributed by atoms with Gasteiger partial charge in [0.05, 0.1) is 11.6 Å². The summed E-state index contributed by atoms with van der Waals surface area (Å²) in [7, 11) is 0. The molecule has 8 bridgehead atoms. The largest absolute Gasteiger partial charge is 0.208 e. The molecular formula is C48H46N4. The monoisotopic (exact) mass is 678 g/mol. The molecule has 0 N–H and O–H groups in total. The van der Waals surface area contributed by atoms with Gasteiger partial charge in [0, 0.05) is 16.7 Å². The van der Waals surface area contributed by atoms with E-state index in [0.29, 0.717) is 22.2 Å². The molecule has 0 spiro atoms. The Balaban J connectivity index is 0.952. The quantitative estimate of drug-likeness (QED) is 0.179. The molecule has 8 fully saturated rings. The lowest BCUT2D eigenvalue weighted by molar-refractivity contribution is -0.00530. The molecule has 4 nitrogen and oxygen atoms in total. The number of nitrogens with zero attached hydrogens (tertiary/aromatic N) is 4. The molecule has 13 rings (SSSR count). The van der Waals surface area contributed by atoms with Crippen LogP contribution in [-0.2, 0) is 10.8 Å². The van der Waals surface area contributed by atoms with Crippen LogP contribution in [0.3, 0.4) is 0 Å². The fourth-order valence-corrected chi connectivity index (χ4v) is 13.2. The summed E-state index contributed by atoms with van der Waals surface area (Å²) in [4.78, 5) is 15.4. The fourth-order valence-electron chi connectivity index (χ4n) is 13.2. The highest BCUT2D eigenvalue weighted by atomic mass is 15.0. The van der Waals surface area contributed by atoms with Crippen molar-refractivity contribution in [2.75, 3.05) is 0 Å². The molecule has 8 aliphatic rings. The van der Waals surface area contributed by atoms with Crippen molar-refractivity contribution in [3.05, 3.63) is 114 Å². The van der Waals surface area contributed by atoms with Crippen molar-refractivity contribution in [2.24, 2.45) is 35.5 Å². The molecule has 8 aliphatic carbocycles. The van der Waals surface area contributed by atoms with Gasteiger partial charge in [-0.05, 0) is 158 Å². The van der Waals surface area contributed by atoms with Crippen molar-refractivity contribution in [3.63, 3.8) is 0 Å². The standard InChI is InChI=1S/C48H46N4/c49-29-30-2-1-3-41(22-30)37-4-6-38(7-5-37)44-50-45(39-8-12-42(13-9-39)47-23-31-16-32(24-47)18-33(17-31)25-47)52-46(51-44)40-10-14-43(15-11-40)48-26-34-19-35(27-48)21-36(20-34)28-48/h1-15,22,31-36H,16-21,23-28H2. The fraction of sp³-hybridized carbons (Fsp3) is 0.417. The third-order valence-electron chi connectivity index (χ3n) is 14.7. The highest BCUT2D eigenvalue weighted by molar-refractivity contribution is 5.71. The molecule has 52 heavy (non-hydrogen) atoms. The number of nitriles is 1. The van der Waals surface area contributed by atoms with Gasteiger partial charge in [-0.2, -0.15) is 5.26 Å². The van der Waals surface area contributed by atoms with Gasteiger partial charge in [0.1, 0.15) is 0 Å². The van der Waals surface area contributed by atoms with E-state index in [4.69, 9.17) is 15.0 Å². The molecule has 4 heteroatoms. The van der Waals surface area contributed by atoms with E-state index in [1.165, 1.54) is 88.2 Å². The first kappa shape index (κ1) is 31.0. The second-order valence-electron chi connectivity index (χ2n) is 18.1. The van der Waals surface area contributed by atoms with E-state index >= 15 is 0 Å². The third kappa shape index (κ3) is 5.18. The van der Waals surface area contributed by atoms with Gasteiger partial charge in [0.15, 0.2) is 17.5 Å². The molecule has 1 aromatic heterocycles. The minimum Gasteiger partial charge on any atom is -0.208 e. The van der Waals surface area contributed by atoms with Gasteiger partial charge in [-0.15, -0.1) is 0 Å². The maximum atomic E-state index is 9.43. The molecule has 0 radical (unpaired) electrons. The summed E-state index contributed by atoms with van der Waals surface area (Å²) in [6.45, 7) is 0. The normalized spacial score (nSPS) is 32.2. The zero-order chi connectivity index (χ0) is 34.4. The van der Waals surface area contributed by atoms with Crippen LogP contribution in [0.15, 0.2) is 97.1 Å². The summed E-state index contributed by atoms with van der Waals surface area (Å²) < 4.78 is 0. The molecule has 8 saturated carbocycles. The lowest BCUT2D eigenvalue weighted by atomic mass is 9.48. The number of aromatic nitrogens is 3. The van der Waals surface area contributed by atoms with E-state index in [9.17, 15) is 5.26 Å². The van der Waals surface area contributed by atoms with Gasteiger partial charge in [0.2, 0.25) is 0 Å². The third-order valence-corrected chi connectivity index (χ3v) is 14.7. The Hall–Kier alpha value is -4.62. The second kappa shape index (κ2) is 11.7. The second-order valence-corrected chi connectivity index (χ2v) is 18.1. The van der Waals surface area contributed by atoms with Gasteiger partial charge in [-0.3, -0.25) is 0 Å². The molecule has 0 amide bonds. The lowest BCUT2D eigenvalue weighted by Gasteiger charge is -2.57. The molecular weight excluding hydrogens is 633 g/mol. The van der Waals surface area contributed by atoms with E-state index in [0.717, 1.165) is 75.0 Å². The molecule has 258 valence electrons. The van der Waals surface area contributed by atoms with E-state index in [1.54, 1.807) is 0 Å². The summed E-state index contributed by atoms with van der Waals surface area (Å²) in [6.07, 6.45) is 17.0. The minimum absolute atomic E-state index is 0.371. The Labute approximate surface area is 307 Å². The van der Waals surface area contributed by atoms with Crippen molar-refractivity contribution < 1.29 is 0 Å². The minimum atomic E-state index is 0.371. The van der Waals surface area contributed by atoms with Crippen LogP contribution < -0.4 is 0 Å². The van der Waals surface area contributed by atoms with Gasteiger partial charge >= 0.3 is 0 Å². The summed E-state index contributed by atoms with van der Waals surface area (Å²) in [5.74, 6) is 7.71. The molecule has 1 heterocycles. The van der Waals surface area contributed by atoms with E-state index in [-0.39, 0.29) is 0 Å². The summed E-state index contributed by atoms with van der Waals surface area (Å²) >= 11 is 0. The lowest BCUT2D eigenvalue weighted by Crippen LogP contribution is -2.48. The Morgan fingerprint density at radius 2 is 0.769 bits per heavy atom. The van der Waals surface area contributed by atoms with Gasteiger partial charge in [-0.25, -0.2) is 15.0 Å². The highest BCUT2D eigenvalue weighted by Gasteiger charge is 2.52. The van der Waals surface area contributed by atoms with Crippen molar-refractivity contribution in [2.45, 2.75) is 87.9 Å². The Bertz CT molecular complexity index is 2030. The van der Waals surface area contributed by atoms with Gasteiger partial charge in [-0.1, -0.05) is 84.9 Å². The Morgan fingerprint density at radius 1 is 0.423 bits per heavy atom. The zero-order valence-electron chi connectivity index (χ0n) is 30.0. The van der Waals surface area contributed by atoms with Gasteiger partial charge in [0.25, 0.3) is 0 Å². The average molecular weight is 679 g/mol. The first-order valence-corrected chi connectivity index (χ1v) is 20.1. The van der Waals surface area contributed by atoms with Crippen LogP contribution in [0.2, 0.25) is 0 Å². The van der Waals surface area contributed by atoms with Crippen molar-refractivity contribution in [1.29, 1.82) is 5.26 Å². The van der Waals surface area contributed by atoms with E-state index in [1.807, 2.05) is 18.2 Å². The highest BCUT2D eigenvalue weighted by Crippen LogP contribution is 2.62. The first-order valence-electron chi connectivity index (χ1n) is 20.1. The molecule has 5 aromatic rings. The predicted molar refractivity (Wildman–Crippen MR) is 206 cm³/mol. The van der Waals surface area contributed by atoms with Crippen LogP contribution in [0.4, 0.5) is 0 Å². The molecule has 4 aromatic carbocycles. The number of benzene rings is 4. The Kier molecular flexibility index (Phi) is 6.96.